The van der Waals surface area contributed by atoms with Crippen molar-refractivity contribution < 1.29 is 54.2 Å². The van der Waals surface area contributed by atoms with Crippen LogP contribution < -0.4 is 5.32 Å². The van der Waals surface area contributed by atoms with Crippen LogP contribution in [0.4, 0.5) is 0 Å². The van der Waals surface area contributed by atoms with Crippen LogP contribution in [-0.4, -0.2) is 137 Å². The maximum atomic E-state index is 14.3. The van der Waals surface area contributed by atoms with E-state index in [4.69, 9.17) is 25.2 Å². The molecule has 9 atom stereocenters. The number of aromatic nitrogens is 1. The van der Waals surface area contributed by atoms with Gasteiger partial charge in [0.1, 0.15) is 12.1 Å². The van der Waals surface area contributed by atoms with Crippen LogP contribution in [0.3, 0.4) is 0 Å². The molecule has 0 spiro atoms. The van der Waals surface area contributed by atoms with Gasteiger partial charge in [0.05, 0.1) is 5.92 Å². The lowest BCUT2D eigenvalue weighted by atomic mass is 9.72. The van der Waals surface area contributed by atoms with Gasteiger partial charge in [-0.3, -0.25) is 24.0 Å². The minimum Gasteiger partial charge on any atom is -0.479 e. The summed E-state index contributed by atoms with van der Waals surface area (Å²) in [6, 6.07) is 5.10. The van der Waals surface area contributed by atoms with E-state index in [0.29, 0.717) is 25.9 Å². The number of ether oxygens (including phenoxy) is 1. The predicted molar refractivity (Wildman–Crippen MR) is 179 cm³/mol. The van der Waals surface area contributed by atoms with Crippen LogP contribution in [0.15, 0.2) is 24.4 Å². The number of piperazine rings is 1. The first kappa shape index (κ1) is 36.7. The molecule has 3 unspecified atom stereocenters. The number of nitrogens with one attached hydrogen (secondary N) is 2. The fraction of sp³-hybridized carbons (Fsp3) is 0.629. The van der Waals surface area contributed by atoms with Crippen LogP contribution in [0.1, 0.15) is 64.0 Å². The molecule has 4 saturated heterocycles. The van der Waals surface area contributed by atoms with Crippen molar-refractivity contribution in [2.75, 3.05) is 20.1 Å². The predicted octanol–water partition coefficient (Wildman–Crippen LogP) is 0.00790. The number of carboxylic acid groups (broad SMARTS) is 2. The zero-order chi connectivity index (χ0) is 37.3. The van der Waals surface area contributed by atoms with E-state index in [1.165, 1.54) is 21.4 Å². The molecule has 5 heterocycles. The number of carboxylic acids is 2. The standard InChI is InChI=1S/C31H41N5O5.C4H6O6/c1-16(2)26-28(38)35-11-7-10-24(35)31(40)36(26)29(39)30(41-31,17(3)4)33-27(37)19-12-21-20-8-6-9-22-25(20)18(14-32-22)13-23(21)34(5)15-19;5-1(3(7)8)2(6)4(9)10/h6,8-9,14,16-17,19,21,23-24,26,32,40H,7,10-13,15H2,1-5H3,(H,33,37);1-2,5-6H,(H,7,8)(H,9,10)/t19-,21?,23-,24+,26+,30-,31+;/m1./s1. The topological polar surface area (TPSA) is 233 Å². The highest BCUT2D eigenvalue weighted by molar-refractivity contribution is 5.98. The second-order valence-electron chi connectivity index (χ2n) is 15.1. The Kier molecular flexibility index (Phi) is 9.46. The number of aliphatic carboxylic acids is 2. The van der Waals surface area contributed by atoms with Crippen molar-refractivity contribution >= 4 is 40.6 Å². The first-order chi connectivity index (χ1) is 23.9. The van der Waals surface area contributed by atoms with E-state index in [1.54, 1.807) is 4.90 Å². The summed E-state index contributed by atoms with van der Waals surface area (Å²) < 4.78 is 6.42. The summed E-state index contributed by atoms with van der Waals surface area (Å²) in [4.78, 5) is 70.1. The van der Waals surface area contributed by atoms with Gasteiger partial charge in [-0.05, 0) is 55.8 Å². The smallest absolute Gasteiger partial charge is 0.335 e. The fourth-order valence-electron chi connectivity index (χ4n) is 8.77. The summed E-state index contributed by atoms with van der Waals surface area (Å²) in [5.41, 5.74) is 1.93. The van der Waals surface area contributed by atoms with E-state index in [2.05, 4.69) is 46.6 Å². The number of amides is 3. The van der Waals surface area contributed by atoms with Gasteiger partial charge in [0.25, 0.3) is 11.8 Å². The van der Waals surface area contributed by atoms with Crippen LogP contribution in [0.25, 0.3) is 10.9 Å². The van der Waals surface area contributed by atoms with Crippen LogP contribution in [0, 0.1) is 17.8 Å². The summed E-state index contributed by atoms with van der Waals surface area (Å²) >= 11 is 0. The van der Waals surface area contributed by atoms with Crippen LogP contribution in [0.5, 0.6) is 0 Å². The zero-order valence-corrected chi connectivity index (χ0v) is 29.3. The van der Waals surface area contributed by atoms with Crippen molar-refractivity contribution in [1.29, 1.82) is 0 Å². The number of piperidine rings is 1. The van der Waals surface area contributed by atoms with Crippen molar-refractivity contribution in [3.8, 4) is 0 Å². The number of rotatable bonds is 7. The van der Waals surface area contributed by atoms with Crippen LogP contribution in [-0.2, 0) is 35.1 Å². The highest BCUT2D eigenvalue weighted by Gasteiger charge is 2.72. The number of hydrogen-bond donors (Lipinski definition) is 7. The average Bonchev–Trinajstić information content (AvgIpc) is 3.79. The van der Waals surface area contributed by atoms with Gasteiger partial charge in [-0.1, -0.05) is 39.8 Å². The molecular formula is C35H47N5O11. The Bertz CT molecular complexity index is 1730. The molecule has 0 bridgehead atoms. The van der Waals surface area contributed by atoms with E-state index in [1.807, 2.05) is 27.7 Å². The second-order valence-corrected chi connectivity index (χ2v) is 15.1. The number of carbonyl (C=O) groups is 5. The zero-order valence-electron chi connectivity index (χ0n) is 29.3. The normalized spacial score (nSPS) is 32.6. The van der Waals surface area contributed by atoms with Gasteiger partial charge in [0.2, 0.25) is 17.5 Å². The summed E-state index contributed by atoms with van der Waals surface area (Å²) in [6.45, 7) is 8.45. The highest BCUT2D eigenvalue weighted by Crippen LogP contribution is 2.49. The number of likely N-dealkylation sites (tertiary alicyclic amines) is 1. The van der Waals surface area contributed by atoms with Crippen LogP contribution >= 0.6 is 0 Å². The van der Waals surface area contributed by atoms with E-state index >= 15 is 0 Å². The number of fused-ring (bicyclic) bond motifs is 5. The van der Waals surface area contributed by atoms with Gasteiger partial charge >= 0.3 is 11.9 Å². The van der Waals surface area contributed by atoms with Gasteiger partial charge in [-0.2, -0.15) is 0 Å². The number of aliphatic hydroxyl groups is 3. The number of carbonyl (C=O) groups excluding carboxylic acids is 3. The van der Waals surface area contributed by atoms with Gasteiger partial charge in [0, 0.05) is 48.1 Å². The third kappa shape index (κ3) is 5.77. The third-order valence-electron chi connectivity index (χ3n) is 11.3. The SMILES string of the molecule is CC(C)[C@H]1C(=O)N2CCC[C@H]2[C@]2(O)O[C@](NC(=O)[C@@H]3CC4c5cccc6[nH]cc(c56)C[C@H]4N(C)C3)(C(C)C)C(=O)N12.O=C(O)C(O)C(O)C(=O)O. The summed E-state index contributed by atoms with van der Waals surface area (Å²) in [5, 5.41) is 48.9. The molecule has 2 aromatic rings. The molecule has 5 aliphatic rings. The number of nitrogens with zero attached hydrogens (tertiary/aromatic N) is 3. The number of aliphatic hydroxyl groups excluding tert-OH is 2. The second kappa shape index (κ2) is 13.2. The maximum absolute atomic E-state index is 14.3. The number of aromatic amines is 1. The summed E-state index contributed by atoms with van der Waals surface area (Å²) in [7, 11) is 2.07. The van der Waals surface area contributed by atoms with Crippen molar-refractivity contribution in [3.05, 3.63) is 35.5 Å². The largest absolute Gasteiger partial charge is 0.479 e. The Morgan fingerprint density at radius 3 is 2.33 bits per heavy atom. The van der Waals surface area contributed by atoms with Gasteiger partial charge in [0.15, 0.2) is 12.2 Å². The molecule has 7 N–H and O–H groups in total. The molecule has 16 nitrogen and oxygen atoms in total. The lowest BCUT2D eigenvalue weighted by Gasteiger charge is -2.49. The van der Waals surface area contributed by atoms with E-state index in [9.17, 15) is 29.1 Å². The fourth-order valence-corrected chi connectivity index (χ4v) is 8.77. The molecule has 0 radical (unpaired) electrons. The number of H-pyrrole nitrogens is 1. The average molecular weight is 714 g/mol. The van der Waals surface area contributed by atoms with Crippen molar-refractivity contribution in [2.24, 2.45) is 17.8 Å². The molecule has 4 aliphatic heterocycles. The monoisotopic (exact) mass is 713 g/mol. The molecule has 1 aromatic heterocycles. The first-order valence-corrected chi connectivity index (χ1v) is 17.4. The van der Waals surface area contributed by atoms with Crippen molar-refractivity contribution in [1.82, 2.24) is 25.0 Å². The molecule has 0 saturated carbocycles. The third-order valence-corrected chi connectivity index (χ3v) is 11.3. The molecule has 7 rings (SSSR count). The highest BCUT2D eigenvalue weighted by atomic mass is 16.7. The molecule has 1 aliphatic carbocycles. The number of likely N-dealkylation sites (N-methyl/N-ethyl adjacent to an activating group) is 1. The Balaban J connectivity index is 0.000000394. The minimum atomic E-state index is -2.27. The number of hydrogen-bond acceptors (Lipinski definition) is 10. The van der Waals surface area contributed by atoms with E-state index in [-0.39, 0.29) is 35.6 Å². The minimum absolute atomic E-state index is 0.162. The molecule has 16 heteroatoms. The van der Waals surface area contributed by atoms with Crippen molar-refractivity contribution in [3.63, 3.8) is 0 Å². The molecule has 51 heavy (non-hydrogen) atoms. The lowest BCUT2D eigenvalue weighted by molar-refractivity contribution is -0.323. The first-order valence-electron chi connectivity index (χ1n) is 17.4. The van der Waals surface area contributed by atoms with Gasteiger partial charge in [-0.25, -0.2) is 9.59 Å². The Morgan fingerprint density at radius 2 is 1.73 bits per heavy atom. The van der Waals surface area contributed by atoms with E-state index in [0.717, 1.165) is 18.4 Å². The molecule has 4 fully saturated rings. The Morgan fingerprint density at radius 1 is 1.06 bits per heavy atom. The molecule has 278 valence electrons. The lowest BCUT2D eigenvalue weighted by Crippen LogP contribution is -2.72. The molecular weight excluding hydrogens is 666 g/mol. The Hall–Kier alpha value is -4.09. The summed E-state index contributed by atoms with van der Waals surface area (Å²) in [6.07, 6.45) is 0.408. The van der Waals surface area contributed by atoms with Crippen molar-refractivity contribution in [2.45, 2.75) is 101 Å². The quantitative estimate of drug-likeness (QED) is 0.201. The van der Waals surface area contributed by atoms with Gasteiger partial charge < -0.3 is 45.6 Å². The summed E-state index contributed by atoms with van der Waals surface area (Å²) in [5.74, 6) is -7.41. The molecule has 1 aromatic carbocycles. The maximum Gasteiger partial charge on any atom is 0.335 e. The van der Waals surface area contributed by atoms with Crippen LogP contribution in [0.2, 0.25) is 0 Å². The van der Waals surface area contributed by atoms with E-state index < -0.39 is 59.7 Å². The Labute approximate surface area is 294 Å². The molecule has 3 amide bonds. The number of benzene rings is 1. The van der Waals surface area contributed by atoms with Gasteiger partial charge in [-0.15, -0.1) is 0 Å².